The van der Waals surface area contributed by atoms with Gasteiger partial charge in [0.15, 0.2) is 0 Å². The molecule has 7 nitrogen and oxygen atoms in total. The Bertz CT molecular complexity index is 3200. The van der Waals surface area contributed by atoms with Crippen molar-refractivity contribution in [2.75, 3.05) is 0 Å². The standard InChI is InChI=1S/C67H65NO6.2CH3.Hf/c1-62(2,44-26-13-9-14-27-44)54-42-66(60(71)72,64(5,6)46-30-17-11-18-31-46)40-52(58(54)69)48-34-21-23-36-50(48)56-38-25-39-57(68-56)51-37-24-22-35-49(51)53-41-67(61(73)74,65(7,8)47-32-19-12-20-33-47)43-55(59(53)70)63(3,4)45-28-15-10-16-29-45;;;/h9-41,69-70H,42-43H2,1-8H3,(H,71,72)(H,73,74);2*1H3;/q;;;+2/p-2. The van der Waals surface area contributed by atoms with Crippen LogP contribution in [0.4, 0.5) is 0 Å². The van der Waals surface area contributed by atoms with E-state index in [1.54, 1.807) is 12.2 Å². The summed E-state index contributed by atoms with van der Waals surface area (Å²) in [7, 11) is 0. The molecular weight excluding hydrogens is 1120 g/mol. The van der Waals surface area contributed by atoms with E-state index in [-0.39, 0.29) is 47.3 Å². The van der Waals surface area contributed by atoms with E-state index in [1.165, 1.54) is 0 Å². The molecule has 2 aliphatic carbocycles. The van der Waals surface area contributed by atoms with E-state index in [1.807, 2.05) is 243 Å². The maximum atomic E-state index is 14.1. The van der Waals surface area contributed by atoms with Crippen molar-refractivity contribution >= 4 is 23.1 Å². The van der Waals surface area contributed by atoms with Crippen LogP contribution in [0.1, 0.15) is 102 Å². The molecule has 77 heavy (non-hydrogen) atoms. The van der Waals surface area contributed by atoms with Crippen molar-refractivity contribution in [3.05, 3.63) is 256 Å². The first kappa shape index (κ1) is 56.1. The number of aliphatic hydroxyl groups excluding tert-OH is 2. The van der Waals surface area contributed by atoms with Gasteiger partial charge in [-0.25, -0.2) is 4.98 Å². The van der Waals surface area contributed by atoms with Gasteiger partial charge in [-0.3, -0.25) is 0 Å². The fourth-order valence-corrected chi connectivity index (χ4v) is 11.7. The summed E-state index contributed by atoms with van der Waals surface area (Å²) < 4.78 is 4.64. The van der Waals surface area contributed by atoms with Crippen LogP contribution >= 0.6 is 0 Å². The van der Waals surface area contributed by atoms with E-state index >= 15 is 0 Å². The van der Waals surface area contributed by atoms with Crippen molar-refractivity contribution in [3.63, 3.8) is 0 Å². The topological polar surface area (TPSA) is 134 Å². The Morgan fingerprint density at radius 1 is 0.429 bits per heavy atom. The van der Waals surface area contributed by atoms with E-state index in [2.05, 4.69) is 9.36 Å². The van der Waals surface area contributed by atoms with Gasteiger partial charge >= 0.3 is 32.3 Å². The van der Waals surface area contributed by atoms with Crippen LogP contribution < -0.4 is 10.2 Å². The monoisotopic (exact) mass is 1190 g/mol. The van der Waals surface area contributed by atoms with Gasteiger partial charge in [0.25, 0.3) is 0 Å². The molecule has 2 unspecified atom stereocenters. The Morgan fingerprint density at radius 3 is 1.00 bits per heavy atom. The quantitative estimate of drug-likeness (QED) is 0.104. The number of allylic oxidation sites excluding steroid dienone is 4. The number of pyridine rings is 1. The Labute approximate surface area is 466 Å². The number of carbonyl (C=O) groups excluding carboxylic acids is 2. The van der Waals surface area contributed by atoms with Gasteiger partial charge in [-0.1, -0.05) is 243 Å². The molecule has 2 atom stereocenters. The second-order valence-electron chi connectivity index (χ2n) is 22.6. The number of aliphatic carboxylic acids is 2. The van der Waals surface area contributed by atoms with Crippen LogP contribution in [0.3, 0.4) is 0 Å². The molecule has 390 valence electrons. The summed E-state index contributed by atoms with van der Waals surface area (Å²) in [6, 6.07) is 59.5. The summed E-state index contributed by atoms with van der Waals surface area (Å²) in [5, 5.41) is 53.9. The van der Waals surface area contributed by atoms with Crippen LogP contribution in [0.5, 0.6) is 0 Å². The number of hydrogen-bond acceptors (Lipinski definition) is 7. The van der Waals surface area contributed by atoms with Crippen LogP contribution in [0, 0.1) is 10.8 Å². The second kappa shape index (κ2) is 22.1. The number of aliphatic hydroxyl groups is 2. The molecule has 6 aromatic carbocycles. The van der Waals surface area contributed by atoms with Crippen molar-refractivity contribution < 1.29 is 52.9 Å². The molecule has 1 heterocycles. The van der Waals surface area contributed by atoms with Gasteiger partial charge < -0.3 is 30.0 Å². The maximum absolute atomic E-state index is 14.1. The molecule has 0 spiro atoms. The molecular formula is C69H69HfNO6. The molecule has 2 aliphatic rings. The van der Waals surface area contributed by atoms with E-state index < -0.39 is 44.4 Å². The third-order valence-electron chi connectivity index (χ3n) is 17.0. The number of nitrogens with zero attached hydrogens (tertiary/aromatic N) is 1. The zero-order valence-corrected chi connectivity index (χ0v) is 49.5. The van der Waals surface area contributed by atoms with Gasteiger partial charge in [-0.15, -0.1) is 0 Å². The SMILES string of the molecule is CC(C)(C1=C(O)C(c2ccccc2-c2cccc(-c3ccccc3C3=CC(C(=O)[O-])(C(C)(C)c4ccccc4)CC(C(C)(C)c4ccccc4)=C3O)n2)=CC(C(=O)[O-])(C(C)(C)c2ccccc2)C1)c1ccccc1.[CH3][Hf+2][CH3]. The normalized spacial score (nSPS) is 18.1. The van der Waals surface area contributed by atoms with Crippen LogP contribution in [0.2, 0.25) is 9.36 Å². The molecule has 0 saturated carbocycles. The summed E-state index contributed by atoms with van der Waals surface area (Å²) in [5.74, 6) is -2.54. The molecule has 7 aromatic rings. The predicted octanol–water partition coefficient (Wildman–Crippen LogP) is 14.2. The Hall–Kier alpha value is -7.16. The number of carbonyl (C=O) groups is 2. The van der Waals surface area contributed by atoms with Gasteiger partial charge in [-0.2, -0.15) is 0 Å². The molecule has 0 fully saturated rings. The molecule has 0 saturated heterocycles. The van der Waals surface area contributed by atoms with Crippen LogP contribution in [-0.4, -0.2) is 27.1 Å². The summed E-state index contributed by atoms with van der Waals surface area (Å²) in [6.07, 6.45) is 3.38. The molecule has 8 heteroatoms. The first-order valence-electron chi connectivity index (χ1n) is 26.3. The summed E-state index contributed by atoms with van der Waals surface area (Å²) >= 11 is 0.0833. The number of carboxylic acid groups (broad SMARTS) is 2. The molecule has 1 aromatic heterocycles. The molecule has 0 amide bonds. The van der Waals surface area contributed by atoms with E-state index in [9.17, 15) is 30.0 Å². The Morgan fingerprint density at radius 2 is 0.701 bits per heavy atom. The van der Waals surface area contributed by atoms with E-state index in [0.717, 1.165) is 22.3 Å². The summed E-state index contributed by atoms with van der Waals surface area (Å²) in [5.41, 5.74) is 1.82. The summed E-state index contributed by atoms with van der Waals surface area (Å²) in [4.78, 5) is 33.6. The third kappa shape index (κ3) is 10.1. The third-order valence-corrected chi connectivity index (χ3v) is 17.0. The van der Waals surface area contributed by atoms with Crippen molar-refractivity contribution in [2.45, 2.75) is 99.3 Å². The van der Waals surface area contributed by atoms with Gasteiger partial charge in [-0.05, 0) is 69.5 Å². The fraction of sp³-hybridized carbons (Fsp3) is 0.261. The first-order chi connectivity index (χ1) is 36.6. The number of benzene rings is 6. The van der Waals surface area contributed by atoms with Gasteiger partial charge in [0, 0.05) is 54.8 Å². The van der Waals surface area contributed by atoms with Crippen LogP contribution in [-0.2, 0) is 54.2 Å². The zero-order valence-electron chi connectivity index (χ0n) is 45.9. The van der Waals surface area contributed by atoms with Crippen molar-refractivity contribution in [2.24, 2.45) is 10.8 Å². The van der Waals surface area contributed by atoms with Crippen molar-refractivity contribution in [1.82, 2.24) is 4.98 Å². The predicted molar refractivity (Wildman–Crippen MR) is 304 cm³/mol. The van der Waals surface area contributed by atoms with Crippen molar-refractivity contribution in [3.8, 4) is 22.5 Å². The average molecular weight is 1190 g/mol. The second-order valence-corrected chi connectivity index (χ2v) is 26.2. The number of hydrogen-bond donors (Lipinski definition) is 2. The molecule has 0 aliphatic heterocycles. The zero-order chi connectivity index (χ0) is 55.6. The molecule has 9 rings (SSSR count). The molecule has 0 radical (unpaired) electrons. The van der Waals surface area contributed by atoms with Gasteiger partial charge in [0.05, 0.1) is 23.3 Å². The minimum atomic E-state index is -1.63. The molecule has 0 bridgehead atoms. The minimum absolute atomic E-state index is 0.00964. The molecule has 2 N–H and O–H groups in total. The van der Waals surface area contributed by atoms with Gasteiger partial charge in [0.1, 0.15) is 11.5 Å². The average Bonchev–Trinajstić information content (AvgIpc) is 3.47. The van der Waals surface area contributed by atoms with Gasteiger partial charge in [0.2, 0.25) is 0 Å². The summed E-state index contributed by atoms with van der Waals surface area (Å²) in [6.45, 7) is 15.8. The Kier molecular flexibility index (Phi) is 16.1. The van der Waals surface area contributed by atoms with E-state index in [0.29, 0.717) is 55.9 Å². The number of rotatable bonds is 14. The fourth-order valence-electron chi connectivity index (χ4n) is 11.7. The van der Waals surface area contributed by atoms with Crippen LogP contribution in [0.25, 0.3) is 33.7 Å². The number of carboxylic acids is 2. The number of aromatic nitrogens is 1. The van der Waals surface area contributed by atoms with E-state index in [4.69, 9.17) is 4.98 Å². The van der Waals surface area contributed by atoms with Crippen LogP contribution in [0.15, 0.2) is 223 Å². The van der Waals surface area contributed by atoms with Crippen molar-refractivity contribution in [1.29, 1.82) is 0 Å². The Balaban J connectivity index is 0.00000255. The first-order valence-corrected chi connectivity index (χ1v) is 33.5.